The molecule has 9 heteroatoms. The van der Waals surface area contributed by atoms with Crippen LogP contribution in [-0.2, 0) is 14.8 Å². The number of nitrogens with zero attached hydrogens (tertiary/aromatic N) is 1. The van der Waals surface area contributed by atoms with E-state index < -0.39 is 44.7 Å². The maximum absolute atomic E-state index is 13.1. The van der Waals surface area contributed by atoms with E-state index in [-0.39, 0.29) is 0 Å². The van der Waals surface area contributed by atoms with Gasteiger partial charge in [-0.05, 0) is 18.2 Å². The van der Waals surface area contributed by atoms with E-state index in [0.29, 0.717) is 10.4 Å². The highest BCUT2D eigenvalue weighted by molar-refractivity contribution is 7.89. The lowest BCUT2D eigenvalue weighted by atomic mass is 10.2. The lowest BCUT2D eigenvalue weighted by molar-refractivity contribution is -0.118. The number of aromatic carboxylic acids is 1. The van der Waals surface area contributed by atoms with Crippen LogP contribution in [0.1, 0.15) is 10.4 Å². The van der Waals surface area contributed by atoms with Crippen LogP contribution in [0.4, 0.5) is 4.39 Å². The van der Waals surface area contributed by atoms with Crippen LogP contribution in [0.25, 0.3) is 0 Å². The highest BCUT2D eigenvalue weighted by Gasteiger charge is 2.28. The zero-order chi connectivity index (χ0) is 14.8. The van der Waals surface area contributed by atoms with Crippen molar-refractivity contribution in [1.82, 2.24) is 4.31 Å². The molecule has 0 heterocycles. The molecule has 0 radical (unpaired) electrons. The molecule has 0 fully saturated rings. The molecule has 3 N–H and O–H groups in total. The molecular formula is C10H11FN2O5S. The number of primary amides is 1. The van der Waals surface area contributed by atoms with Crippen LogP contribution in [0.15, 0.2) is 23.1 Å². The first-order valence-electron chi connectivity index (χ1n) is 4.93. The maximum Gasteiger partial charge on any atom is 0.337 e. The number of sulfonamides is 1. The standard InChI is InChI=1S/C10H11FN2O5S/c1-13(5-9(12)14)19(17,18)8-4-6(11)2-3-7(8)10(15)16/h2-4H,5H2,1H3,(H2,12,14)(H,15,16). The third-order valence-electron chi connectivity index (χ3n) is 2.24. The fourth-order valence-electron chi connectivity index (χ4n) is 1.36. The van der Waals surface area contributed by atoms with Crippen molar-refractivity contribution >= 4 is 21.9 Å². The van der Waals surface area contributed by atoms with E-state index in [1.54, 1.807) is 0 Å². The Morgan fingerprint density at radius 2 is 2.00 bits per heavy atom. The number of amides is 1. The predicted molar refractivity (Wildman–Crippen MR) is 62.4 cm³/mol. The number of hydrogen-bond donors (Lipinski definition) is 2. The molecule has 0 bridgehead atoms. The number of nitrogens with two attached hydrogens (primary N) is 1. The molecule has 0 saturated carbocycles. The second-order valence-electron chi connectivity index (χ2n) is 3.67. The first kappa shape index (κ1) is 15.1. The minimum atomic E-state index is -4.32. The van der Waals surface area contributed by atoms with Gasteiger partial charge in [-0.1, -0.05) is 0 Å². The summed E-state index contributed by atoms with van der Waals surface area (Å²) in [5.41, 5.74) is 4.27. The summed E-state index contributed by atoms with van der Waals surface area (Å²) >= 11 is 0. The summed E-state index contributed by atoms with van der Waals surface area (Å²) < 4.78 is 37.7. The Hall–Kier alpha value is -2.00. The van der Waals surface area contributed by atoms with Gasteiger partial charge in [0, 0.05) is 7.05 Å². The van der Waals surface area contributed by atoms with Crippen LogP contribution in [0.3, 0.4) is 0 Å². The molecule has 0 spiro atoms. The molecule has 19 heavy (non-hydrogen) atoms. The van der Waals surface area contributed by atoms with Crippen molar-refractivity contribution in [3.05, 3.63) is 29.6 Å². The lowest BCUT2D eigenvalue weighted by Crippen LogP contribution is -2.36. The first-order valence-corrected chi connectivity index (χ1v) is 6.37. The minimum Gasteiger partial charge on any atom is -0.478 e. The van der Waals surface area contributed by atoms with Crippen molar-refractivity contribution in [2.75, 3.05) is 13.6 Å². The van der Waals surface area contributed by atoms with Gasteiger partial charge in [0.2, 0.25) is 15.9 Å². The highest BCUT2D eigenvalue weighted by Crippen LogP contribution is 2.20. The van der Waals surface area contributed by atoms with Gasteiger partial charge in [-0.3, -0.25) is 4.79 Å². The van der Waals surface area contributed by atoms with E-state index in [2.05, 4.69) is 0 Å². The topological polar surface area (TPSA) is 118 Å². The van der Waals surface area contributed by atoms with Crippen molar-refractivity contribution in [3.63, 3.8) is 0 Å². The molecule has 0 saturated heterocycles. The normalized spacial score (nSPS) is 11.5. The summed E-state index contributed by atoms with van der Waals surface area (Å²) in [5, 5.41) is 8.89. The predicted octanol–water partition coefficient (Wildman–Crippen LogP) is -0.370. The number of hydrogen-bond acceptors (Lipinski definition) is 4. The van der Waals surface area contributed by atoms with Gasteiger partial charge in [0.15, 0.2) is 0 Å². The molecule has 1 aromatic rings. The zero-order valence-electron chi connectivity index (χ0n) is 9.83. The minimum absolute atomic E-state index is 0.552. The number of rotatable bonds is 5. The van der Waals surface area contributed by atoms with Crippen molar-refractivity contribution in [3.8, 4) is 0 Å². The molecule has 1 amide bonds. The molecule has 104 valence electrons. The number of carboxylic acid groups (broad SMARTS) is 1. The second kappa shape index (κ2) is 5.33. The van der Waals surface area contributed by atoms with Crippen LogP contribution in [0, 0.1) is 5.82 Å². The molecule has 0 atom stereocenters. The van der Waals surface area contributed by atoms with Crippen LogP contribution in [-0.4, -0.2) is 43.3 Å². The lowest BCUT2D eigenvalue weighted by Gasteiger charge is -2.16. The van der Waals surface area contributed by atoms with Crippen LogP contribution < -0.4 is 5.73 Å². The van der Waals surface area contributed by atoms with Crippen LogP contribution >= 0.6 is 0 Å². The zero-order valence-corrected chi connectivity index (χ0v) is 10.6. The average Bonchev–Trinajstić information content (AvgIpc) is 2.27. The van der Waals surface area contributed by atoms with Gasteiger partial charge in [-0.25, -0.2) is 17.6 Å². The number of benzene rings is 1. The summed E-state index contributed by atoms with van der Waals surface area (Å²) in [6.45, 7) is -0.641. The second-order valence-corrected chi connectivity index (χ2v) is 5.69. The third-order valence-corrected chi connectivity index (χ3v) is 4.08. The van der Waals surface area contributed by atoms with Gasteiger partial charge in [0.1, 0.15) is 5.82 Å². The molecular weight excluding hydrogens is 279 g/mol. The summed E-state index contributed by atoms with van der Waals surface area (Å²) in [7, 11) is -3.28. The number of carbonyl (C=O) groups is 2. The summed E-state index contributed by atoms with van der Waals surface area (Å²) in [5.74, 6) is -3.35. The largest absolute Gasteiger partial charge is 0.478 e. The Bertz CT molecular complexity index is 629. The van der Waals surface area contributed by atoms with Gasteiger partial charge in [-0.15, -0.1) is 0 Å². The quantitative estimate of drug-likeness (QED) is 0.767. The number of halogens is 1. The molecule has 0 unspecified atom stereocenters. The highest BCUT2D eigenvalue weighted by atomic mass is 32.2. The maximum atomic E-state index is 13.1. The van der Waals surface area contributed by atoms with E-state index >= 15 is 0 Å². The van der Waals surface area contributed by atoms with Gasteiger partial charge >= 0.3 is 5.97 Å². The Balaban J connectivity index is 3.39. The number of carbonyl (C=O) groups excluding carboxylic acids is 1. The molecule has 1 rings (SSSR count). The van der Waals surface area contributed by atoms with E-state index in [1.807, 2.05) is 0 Å². The molecule has 0 aliphatic heterocycles. The molecule has 0 aromatic heterocycles. The summed E-state index contributed by atoms with van der Waals surface area (Å²) in [4.78, 5) is 20.9. The van der Waals surface area contributed by atoms with Gasteiger partial charge in [-0.2, -0.15) is 4.31 Å². The Kier molecular flexibility index (Phi) is 4.22. The number of likely N-dealkylation sites (N-methyl/N-ethyl adjacent to an activating group) is 1. The van der Waals surface area contributed by atoms with Crippen molar-refractivity contribution in [1.29, 1.82) is 0 Å². The molecule has 0 aliphatic carbocycles. The molecule has 1 aromatic carbocycles. The third kappa shape index (κ3) is 3.26. The van der Waals surface area contributed by atoms with Gasteiger partial charge in [0.25, 0.3) is 0 Å². The van der Waals surface area contributed by atoms with Crippen molar-refractivity contribution in [2.45, 2.75) is 4.90 Å². The van der Waals surface area contributed by atoms with Gasteiger partial charge in [0.05, 0.1) is 17.0 Å². The first-order chi connectivity index (χ1) is 8.66. The van der Waals surface area contributed by atoms with Crippen LogP contribution in [0.5, 0.6) is 0 Å². The van der Waals surface area contributed by atoms with E-state index in [1.165, 1.54) is 0 Å². The molecule has 0 aliphatic rings. The summed E-state index contributed by atoms with van der Waals surface area (Å²) in [6, 6.07) is 2.25. The fraction of sp³-hybridized carbons (Fsp3) is 0.200. The summed E-state index contributed by atoms with van der Waals surface area (Å²) in [6.07, 6.45) is 0. The van der Waals surface area contributed by atoms with E-state index in [9.17, 15) is 22.4 Å². The van der Waals surface area contributed by atoms with Crippen molar-refractivity contribution < 1.29 is 27.5 Å². The molecule has 7 nitrogen and oxygen atoms in total. The van der Waals surface area contributed by atoms with Crippen LogP contribution in [0.2, 0.25) is 0 Å². The smallest absolute Gasteiger partial charge is 0.337 e. The van der Waals surface area contributed by atoms with Crippen molar-refractivity contribution in [2.24, 2.45) is 5.73 Å². The number of carboxylic acids is 1. The average molecular weight is 290 g/mol. The van der Waals surface area contributed by atoms with E-state index in [4.69, 9.17) is 10.8 Å². The monoisotopic (exact) mass is 290 g/mol. The van der Waals surface area contributed by atoms with Gasteiger partial charge < -0.3 is 10.8 Å². The Morgan fingerprint density at radius 3 is 2.47 bits per heavy atom. The Morgan fingerprint density at radius 1 is 1.42 bits per heavy atom. The van der Waals surface area contributed by atoms with E-state index in [0.717, 1.165) is 19.2 Å². The fourth-order valence-corrected chi connectivity index (χ4v) is 2.69. The Labute approximate surface area is 108 Å². The SMILES string of the molecule is CN(CC(N)=O)S(=O)(=O)c1cc(F)ccc1C(=O)O.